The maximum absolute atomic E-state index is 10.9. The summed E-state index contributed by atoms with van der Waals surface area (Å²) in [6.45, 7) is 0. The average molecular weight is 126 g/mol. The Hall–Kier alpha value is 0.150. The molecule has 5 atom stereocenters. The van der Waals surface area contributed by atoms with Gasteiger partial charge in [-0.05, 0) is 23.7 Å². The molecule has 2 heteroatoms. The van der Waals surface area contributed by atoms with Crippen LogP contribution in [-0.4, -0.2) is 14.7 Å². The molecular weight excluding hydrogens is 120 g/mol. The Balaban J connectivity index is 2.02. The Morgan fingerprint density at radius 3 is 1.75 bits per heavy atom. The van der Waals surface area contributed by atoms with E-state index < -0.39 is 0 Å². The van der Waals surface area contributed by atoms with E-state index >= 15 is 0 Å². The van der Waals surface area contributed by atoms with Gasteiger partial charge in [0.05, 0.1) is 10.5 Å². The highest BCUT2D eigenvalue weighted by molar-refractivity contribution is 7.94. The molecular formula is C6H6OS. The third kappa shape index (κ3) is 0.140. The second kappa shape index (κ2) is 0.605. The molecule has 0 spiro atoms. The third-order valence-electron chi connectivity index (χ3n) is 3.48. The average Bonchev–Trinajstić information content (AvgIpc) is 2.60. The minimum atomic E-state index is -0.316. The van der Waals surface area contributed by atoms with Crippen LogP contribution in [0.25, 0.3) is 0 Å². The van der Waals surface area contributed by atoms with Gasteiger partial charge in [-0.15, -0.1) is 0 Å². The summed E-state index contributed by atoms with van der Waals surface area (Å²) in [5.41, 5.74) is 0. The maximum Gasteiger partial charge on any atom is 0.0531 e. The topological polar surface area (TPSA) is 17.1 Å². The van der Waals surface area contributed by atoms with Gasteiger partial charge >= 0.3 is 0 Å². The van der Waals surface area contributed by atoms with Crippen molar-refractivity contribution in [2.45, 2.75) is 10.5 Å². The molecule has 1 nitrogen and oxygen atoms in total. The lowest BCUT2D eigenvalue weighted by atomic mass is 10.2. The van der Waals surface area contributed by atoms with Crippen LogP contribution in [-0.2, 0) is 10.8 Å². The Kier molecular flexibility index (Phi) is 0.253. The Labute approximate surface area is 49.9 Å². The molecule has 4 aliphatic carbocycles. The summed E-state index contributed by atoms with van der Waals surface area (Å²) >= 11 is 0. The fourth-order valence-corrected chi connectivity index (χ4v) is 5.27. The second-order valence-corrected chi connectivity index (χ2v) is 5.31. The minimum absolute atomic E-state index is 0.316. The van der Waals surface area contributed by atoms with Crippen LogP contribution in [0.15, 0.2) is 0 Å². The van der Waals surface area contributed by atoms with Crippen molar-refractivity contribution >= 4 is 10.8 Å². The summed E-state index contributed by atoms with van der Waals surface area (Å²) in [4.78, 5) is 0. The van der Waals surface area contributed by atoms with Crippen LogP contribution in [0.1, 0.15) is 0 Å². The van der Waals surface area contributed by atoms with Gasteiger partial charge in [-0.25, -0.2) is 0 Å². The van der Waals surface area contributed by atoms with Gasteiger partial charge in [0.25, 0.3) is 0 Å². The molecule has 5 fully saturated rings. The SMILES string of the molecule is O=S1[C@@H]2C3C4C3C4[C@@H]21. The number of hydrogen-bond donors (Lipinski definition) is 0. The van der Waals surface area contributed by atoms with E-state index in [-0.39, 0.29) is 10.8 Å². The standard InChI is InChI=1S/C6H6OS/c7-8-5-3-1-2(3)4(1)6(5)8/h1-6H/t1?,2?,3?,4?,5-,6+,8?. The zero-order chi connectivity index (χ0) is 5.04. The second-order valence-electron chi connectivity index (χ2n) is 3.57. The molecule has 42 valence electrons. The molecule has 5 aliphatic rings. The molecule has 5 rings (SSSR count). The van der Waals surface area contributed by atoms with Crippen molar-refractivity contribution in [3.63, 3.8) is 0 Å². The molecule has 0 radical (unpaired) electrons. The number of hydrogen-bond acceptors (Lipinski definition) is 1. The van der Waals surface area contributed by atoms with Gasteiger partial charge in [0.1, 0.15) is 0 Å². The van der Waals surface area contributed by atoms with E-state index in [9.17, 15) is 4.21 Å². The zero-order valence-corrected chi connectivity index (χ0v) is 5.10. The molecule has 0 amide bonds. The summed E-state index contributed by atoms with van der Waals surface area (Å²) < 4.78 is 10.9. The lowest BCUT2D eigenvalue weighted by molar-refractivity contribution is 0.620. The Morgan fingerprint density at radius 1 is 0.875 bits per heavy atom. The highest BCUT2D eigenvalue weighted by atomic mass is 32.2. The quantitative estimate of drug-likeness (QED) is 0.417. The van der Waals surface area contributed by atoms with Crippen LogP contribution in [0, 0.1) is 23.7 Å². The van der Waals surface area contributed by atoms with Crippen LogP contribution >= 0.6 is 0 Å². The van der Waals surface area contributed by atoms with Crippen LogP contribution in [0.2, 0.25) is 0 Å². The summed E-state index contributed by atoms with van der Waals surface area (Å²) in [5.74, 6) is 4.21. The monoisotopic (exact) mass is 126 g/mol. The fraction of sp³-hybridized carbons (Fsp3) is 1.00. The first kappa shape index (κ1) is 3.35. The normalized spacial score (nSPS) is 94.8. The van der Waals surface area contributed by atoms with Gasteiger partial charge < -0.3 is 0 Å². The predicted octanol–water partition coefficient (Wildman–Crippen LogP) is -0.00850. The van der Waals surface area contributed by atoms with E-state index in [2.05, 4.69) is 0 Å². The van der Waals surface area contributed by atoms with E-state index in [1.807, 2.05) is 0 Å². The zero-order valence-electron chi connectivity index (χ0n) is 4.28. The van der Waals surface area contributed by atoms with Crippen molar-refractivity contribution in [3.05, 3.63) is 0 Å². The first-order chi connectivity index (χ1) is 3.91. The van der Waals surface area contributed by atoms with Gasteiger partial charge in [-0.2, -0.15) is 0 Å². The van der Waals surface area contributed by atoms with Gasteiger partial charge in [-0.1, -0.05) is 0 Å². The van der Waals surface area contributed by atoms with Crippen molar-refractivity contribution in [3.8, 4) is 0 Å². The molecule has 0 aromatic rings. The highest BCUT2D eigenvalue weighted by Crippen LogP contribution is 2.88. The highest BCUT2D eigenvalue weighted by Gasteiger charge is 2.92. The first-order valence-electron chi connectivity index (χ1n) is 3.30. The van der Waals surface area contributed by atoms with Crippen LogP contribution in [0.5, 0.6) is 0 Å². The molecule has 0 N–H and O–H groups in total. The van der Waals surface area contributed by atoms with Crippen molar-refractivity contribution in [1.82, 2.24) is 0 Å². The summed E-state index contributed by atoms with van der Waals surface area (Å²) in [6.07, 6.45) is 0. The van der Waals surface area contributed by atoms with Gasteiger partial charge in [0, 0.05) is 10.8 Å². The van der Waals surface area contributed by atoms with E-state index in [1.165, 1.54) is 0 Å². The lowest BCUT2D eigenvalue weighted by Gasteiger charge is -1.94. The first-order valence-corrected chi connectivity index (χ1v) is 4.58. The van der Waals surface area contributed by atoms with Crippen molar-refractivity contribution in [2.24, 2.45) is 23.7 Å². The van der Waals surface area contributed by atoms with E-state index in [0.29, 0.717) is 0 Å². The predicted molar refractivity (Wildman–Crippen MR) is 29.7 cm³/mol. The van der Waals surface area contributed by atoms with Crippen LogP contribution in [0.4, 0.5) is 0 Å². The molecule has 2 bridgehead atoms. The van der Waals surface area contributed by atoms with Gasteiger partial charge in [0.15, 0.2) is 0 Å². The molecule has 1 heterocycles. The third-order valence-corrected chi connectivity index (χ3v) is 5.46. The molecule has 4 saturated carbocycles. The van der Waals surface area contributed by atoms with Crippen molar-refractivity contribution in [2.75, 3.05) is 0 Å². The largest absolute Gasteiger partial charge is 0.259 e. The summed E-state index contributed by atoms with van der Waals surface area (Å²) in [5, 5.41) is 1.46. The molecule has 3 unspecified atom stereocenters. The van der Waals surface area contributed by atoms with Crippen LogP contribution in [0.3, 0.4) is 0 Å². The Morgan fingerprint density at radius 2 is 1.38 bits per heavy atom. The molecule has 0 aromatic heterocycles. The van der Waals surface area contributed by atoms with Crippen molar-refractivity contribution in [1.29, 1.82) is 0 Å². The van der Waals surface area contributed by atoms with Gasteiger partial charge in [-0.3, -0.25) is 4.21 Å². The molecule has 1 aliphatic heterocycles. The summed E-state index contributed by atoms with van der Waals surface area (Å²) in [6, 6.07) is 0. The van der Waals surface area contributed by atoms with Crippen molar-refractivity contribution < 1.29 is 4.21 Å². The molecule has 1 saturated heterocycles. The van der Waals surface area contributed by atoms with Gasteiger partial charge in [0.2, 0.25) is 0 Å². The molecule has 0 aromatic carbocycles. The number of rotatable bonds is 0. The van der Waals surface area contributed by atoms with E-state index in [4.69, 9.17) is 0 Å². The van der Waals surface area contributed by atoms with E-state index in [0.717, 1.165) is 34.2 Å². The Bertz CT molecular complexity index is 195. The molecule has 8 heavy (non-hydrogen) atoms. The lowest BCUT2D eigenvalue weighted by Crippen LogP contribution is -1.98. The van der Waals surface area contributed by atoms with E-state index in [1.54, 1.807) is 0 Å². The summed E-state index contributed by atoms with van der Waals surface area (Å²) in [7, 11) is -0.316. The van der Waals surface area contributed by atoms with Crippen LogP contribution < -0.4 is 0 Å². The maximum atomic E-state index is 10.9. The fourth-order valence-electron chi connectivity index (χ4n) is 2.98. The smallest absolute Gasteiger partial charge is 0.0531 e. The minimum Gasteiger partial charge on any atom is -0.259 e.